The van der Waals surface area contributed by atoms with Gasteiger partial charge in [-0.05, 0) is 32.8 Å². The third-order valence-electron chi connectivity index (χ3n) is 3.58. The van der Waals surface area contributed by atoms with Crippen molar-refractivity contribution in [2.45, 2.75) is 45.4 Å². The summed E-state index contributed by atoms with van der Waals surface area (Å²) in [6, 6.07) is 8.55. The molecule has 0 amide bonds. The Morgan fingerprint density at radius 2 is 2.00 bits per heavy atom. The zero-order valence-corrected chi connectivity index (χ0v) is 14.5. The number of ether oxygens (including phenoxy) is 1. The van der Waals surface area contributed by atoms with Crippen LogP contribution in [0, 0.1) is 0 Å². The molecule has 132 valence electrons. The van der Waals surface area contributed by atoms with Gasteiger partial charge in [-0.2, -0.15) is 4.98 Å². The molecule has 24 heavy (non-hydrogen) atoms. The summed E-state index contributed by atoms with van der Waals surface area (Å²) in [6.45, 7) is 6.96. The van der Waals surface area contributed by atoms with Crippen LogP contribution in [0.1, 0.15) is 32.8 Å². The molecule has 0 aliphatic heterocycles. The Labute approximate surface area is 142 Å². The zero-order valence-electron chi connectivity index (χ0n) is 14.5. The van der Waals surface area contributed by atoms with Crippen molar-refractivity contribution < 1.29 is 19.2 Å². The number of methoxy groups -OCH3 is 1. The predicted octanol–water partition coefficient (Wildman–Crippen LogP) is 2.73. The van der Waals surface area contributed by atoms with Crippen LogP contribution < -0.4 is 5.32 Å². The molecule has 7 heteroatoms. The maximum Gasteiger partial charge on any atom is 0.290 e. The molecule has 1 aromatic carbocycles. The molecular formula is C17H25N3O4. The summed E-state index contributed by atoms with van der Waals surface area (Å²) < 4.78 is 10.2. The molecule has 1 aromatic heterocycles. The number of hydrogen-bond acceptors (Lipinski definition) is 6. The number of nitrogens with zero attached hydrogens (tertiary/aromatic N) is 2. The molecule has 0 radical (unpaired) electrons. The predicted molar refractivity (Wildman–Crippen MR) is 90.4 cm³/mol. The van der Waals surface area contributed by atoms with Gasteiger partial charge in [0.15, 0.2) is 0 Å². The van der Waals surface area contributed by atoms with Crippen molar-refractivity contribution in [3.8, 4) is 11.4 Å². The van der Waals surface area contributed by atoms with Crippen molar-refractivity contribution in [3.63, 3.8) is 0 Å². The number of nitrogens with one attached hydrogen (secondary N) is 1. The van der Waals surface area contributed by atoms with E-state index >= 15 is 0 Å². The Balaban J connectivity index is 0.000000891. The average Bonchev–Trinajstić information content (AvgIpc) is 3.08. The monoisotopic (exact) mass is 335 g/mol. The van der Waals surface area contributed by atoms with Crippen LogP contribution in [-0.4, -0.2) is 40.5 Å². The van der Waals surface area contributed by atoms with Gasteiger partial charge in [0.05, 0.1) is 5.60 Å². The third-order valence-corrected chi connectivity index (χ3v) is 3.58. The molecule has 0 aliphatic rings. The summed E-state index contributed by atoms with van der Waals surface area (Å²) in [6.07, 6.45) is 2.30. The fraction of sp³-hybridized carbons (Fsp3) is 0.471. The molecule has 0 fully saturated rings. The van der Waals surface area contributed by atoms with Crippen molar-refractivity contribution in [1.82, 2.24) is 15.5 Å². The standard InChI is InChI=1S/C16H23N3O2.CH2O2/c1-12(9-16(2,3)20-4)17-10-13-5-7-14(8-6-13)15-18-11-21-19-15;2-1-3/h5-8,11-12,17H,9-10H2,1-4H3;1H,(H,2,3). The van der Waals surface area contributed by atoms with E-state index in [0.29, 0.717) is 11.9 Å². The van der Waals surface area contributed by atoms with Crippen molar-refractivity contribution in [2.24, 2.45) is 0 Å². The first-order chi connectivity index (χ1) is 11.4. The van der Waals surface area contributed by atoms with Crippen LogP contribution >= 0.6 is 0 Å². The van der Waals surface area contributed by atoms with E-state index in [1.807, 2.05) is 12.1 Å². The quantitative estimate of drug-likeness (QED) is 0.751. The highest BCUT2D eigenvalue weighted by molar-refractivity contribution is 5.54. The van der Waals surface area contributed by atoms with Gasteiger partial charge in [0.2, 0.25) is 12.2 Å². The Morgan fingerprint density at radius 3 is 2.50 bits per heavy atom. The second-order valence-electron chi connectivity index (χ2n) is 6.01. The molecule has 1 unspecified atom stereocenters. The number of carboxylic acid groups (broad SMARTS) is 1. The van der Waals surface area contributed by atoms with Crippen LogP contribution in [0.15, 0.2) is 35.2 Å². The summed E-state index contributed by atoms with van der Waals surface area (Å²) >= 11 is 0. The van der Waals surface area contributed by atoms with Gasteiger partial charge in [-0.3, -0.25) is 4.79 Å². The van der Waals surface area contributed by atoms with Crippen LogP contribution in [0.4, 0.5) is 0 Å². The largest absolute Gasteiger partial charge is 0.483 e. The summed E-state index contributed by atoms with van der Waals surface area (Å²) in [5.41, 5.74) is 2.08. The summed E-state index contributed by atoms with van der Waals surface area (Å²) in [5, 5.41) is 14.2. The van der Waals surface area contributed by atoms with Gasteiger partial charge in [0, 0.05) is 25.3 Å². The van der Waals surface area contributed by atoms with Crippen molar-refractivity contribution in [1.29, 1.82) is 0 Å². The van der Waals surface area contributed by atoms with Gasteiger partial charge < -0.3 is 19.7 Å². The molecule has 0 saturated carbocycles. The lowest BCUT2D eigenvalue weighted by Gasteiger charge is -2.27. The molecule has 7 nitrogen and oxygen atoms in total. The van der Waals surface area contributed by atoms with Crippen LogP contribution in [-0.2, 0) is 16.1 Å². The minimum atomic E-state index is -0.250. The van der Waals surface area contributed by atoms with Crippen molar-refractivity contribution >= 4 is 6.47 Å². The topological polar surface area (TPSA) is 97.5 Å². The maximum absolute atomic E-state index is 8.36. The number of rotatable bonds is 7. The van der Waals surface area contributed by atoms with E-state index in [2.05, 4.69) is 48.4 Å². The van der Waals surface area contributed by atoms with E-state index in [0.717, 1.165) is 18.5 Å². The first-order valence-corrected chi connectivity index (χ1v) is 7.64. The van der Waals surface area contributed by atoms with Crippen LogP contribution in [0.25, 0.3) is 11.4 Å². The van der Waals surface area contributed by atoms with Gasteiger partial charge >= 0.3 is 0 Å². The minimum absolute atomic E-state index is 0.102. The first kappa shape index (κ1) is 19.8. The molecule has 0 spiro atoms. The van der Waals surface area contributed by atoms with E-state index in [1.54, 1.807) is 7.11 Å². The van der Waals surface area contributed by atoms with Gasteiger partial charge in [-0.25, -0.2) is 0 Å². The van der Waals surface area contributed by atoms with Crippen molar-refractivity contribution in [3.05, 3.63) is 36.2 Å². The summed E-state index contributed by atoms with van der Waals surface area (Å²) in [7, 11) is 1.75. The second kappa shape index (κ2) is 9.79. The fourth-order valence-electron chi connectivity index (χ4n) is 2.25. The molecule has 1 heterocycles. The van der Waals surface area contributed by atoms with E-state index in [4.69, 9.17) is 19.2 Å². The lowest BCUT2D eigenvalue weighted by molar-refractivity contribution is -0.122. The molecule has 2 rings (SSSR count). The molecular weight excluding hydrogens is 310 g/mol. The average molecular weight is 335 g/mol. The Hall–Kier alpha value is -2.25. The molecule has 1 atom stereocenters. The van der Waals surface area contributed by atoms with Gasteiger partial charge in [-0.1, -0.05) is 29.4 Å². The Bertz CT molecular complexity index is 582. The smallest absolute Gasteiger partial charge is 0.290 e. The zero-order chi connectivity index (χ0) is 18.0. The number of benzene rings is 1. The maximum atomic E-state index is 8.36. The Morgan fingerprint density at radius 1 is 1.38 bits per heavy atom. The molecule has 0 aliphatic carbocycles. The van der Waals surface area contributed by atoms with Gasteiger partial charge in [0.25, 0.3) is 6.47 Å². The summed E-state index contributed by atoms with van der Waals surface area (Å²) in [4.78, 5) is 12.4. The van der Waals surface area contributed by atoms with E-state index < -0.39 is 0 Å². The van der Waals surface area contributed by atoms with E-state index in [9.17, 15) is 0 Å². The molecule has 2 aromatic rings. The van der Waals surface area contributed by atoms with Crippen LogP contribution in [0.5, 0.6) is 0 Å². The van der Waals surface area contributed by atoms with E-state index in [-0.39, 0.29) is 12.1 Å². The minimum Gasteiger partial charge on any atom is -0.483 e. The van der Waals surface area contributed by atoms with Crippen LogP contribution in [0.2, 0.25) is 0 Å². The highest BCUT2D eigenvalue weighted by Gasteiger charge is 2.19. The molecule has 0 bridgehead atoms. The lowest BCUT2D eigenvalue weighted by atomic mass is 9.99. The fourth-order valence-corrected chi connectivity index (χ4v) is 2.25. The normalized spacial score (nSPS) is 12.2. The van der Waals surface area contributed by atoms with Crippen LogP contribution in [0.3, 0.4) is 0 Å². The lowest BCUT2D eigenvalue weighted by Crippen LogP contribution is -2.35. The third kappa shape index (κ3) is 6.89. The first-order valence-electron chi connectivity index (χ1n) is 7.64. The molecule has 2 N–H and O–H groups in total. The van der Waals surface area contributed by atoms with Gasteiger partial charge in [0.1, 0.15) is 0 Å². The van der Waals surface area contributed by atoms with Crippen molar-refractivity contribution in [2.75, 3.05) is 7.11 Å². The van der Waals surface area contributed by atoms with E-state index in [1.165, 1.54) is 12.0 Å². The number of hydrogen-bond donors (Lipinski definition) is 2. The SMILES string of the molecule is COC(C)(C)CC(C)NCc1ccc(-c2ncon2)cc1.O=CO. The van der Waals surface area contributed by atoms with Gasteiger partial charge in [-0.15, -0.1) is 0 Å². The highest BCUT2D eigenvalue weighted by Crippen LogP contribution is 2.17. The number of aromatic nitrogens is 2. The highest BCUT2D eigenvalue weighted by atomic mass is 16.5. The summed E-state index contributed by atoms with van der Waals surface area (Å²) in [5.74, 6) is 0.615. The molecule has 0 saturated heterocycles. The number of carbonyl (C=O) groups is 1. The Kier molecular flexibility index (Phi) is 8.08. The second-order valence-corrected chi connectivity index (χ2v) is 6.01.